The highest BCUT2D eigenvalue weighted by Crippen LogP contribution is 2.24. The molecule has 0 spiro atoms. The van der Waals surface area contributed by atoms with Gasteiger partial charge in [-0.1, -0.05) is 23.7 Å². The summed E-state index contributed by atoms with van der Waals surface area (Å²) in [6.45, 7) is 3.36. The van der Waals surface area contributed by atoms with Gasteiger partial charge in [0.05, 0.1) is 17.6 Å². The molecule has 11 nitrogen and oxygen atoms in total. The van der Waals surface area contributed by atoms with Crippen molar-refractivity contribution in [3.05, 3.63) is 64.3 Å². The minimum Gasteiger partial charge on any atom is -0.477 e. The molecule has 0 aliphatic rings. The normalized spacial score (nSPS) is 10.5. The van der Waals surface area contributed by atoms with Gasteiger partial charge >= 0.3 is 5.97 Å². The molecular formula is C22H18ClFN6O5. The number of hydrogen-bond acceptors (Lipinski definition) is 7. The summed E-state index contributed by atoms with van der Waals surface area (Å²) in [5, 5.41) is 18.3. The standard InChI is InChI=1S/C22H18ClFN6O5/c1-10(2)30-19(25)16(22(34)35)17(29-30)21(33)28-15-7-13(8-26-18(15)24)27-20(32)14(9-31)11-3-5-12(23)6-4-11/h3-8,10H,25H2,1-2H3,(H,27,32)(H,28,33)(H,34,35). The van der Waals surface area contributed by atoms with E-state index in [4.69, 9.17) is 17.3 Å². The predicted octanol–water partition coefficient (Wildman–Crippen LogP) is 3.04. The minimum absolute atomic E-state index is 0.0703. The Morgan fingerprint density at radius 3 is 2.43 bits per heavy atom. The lowest BCUT2D eigenvalue weighted by atomic mass is 10.1. The van der Waals surface area contributed by atoms with Gasteiger partial charge in [0, 0.05) is 11.1 Å². The van der Waals surface area contributed by atoms with E-state index in [2.05, 4.69) is 20.7 Å². The molecule has 2 aromatic heterocycles. The van der Waals surface area contributed by atoms with E-state index >= 15 is 0 Å². The Kier molecular flexibility index (Phi) is 7.28. The number of carboxylic acids is 1. The first-order valence-electron chi connectivity index (χ1n) is 9.94. The number of anilines is 3. The smallest absolute Gasteiger partial charge is 0.341 e. The van der Waals surface area contributed by atoms with E-state index in [1.807, 2.05) is 0 Å². The Hall–Kier alpha value is -4.54. The second kappa shape index (κ2) is 10.2. The van der Waals surface area contributed by atoms with Crippen LogP contribution in [0.15, 0.2) is 36.5 Å². The molecule has 180 valence electrons. The summed E-state index contributed by atoms with van der Waals surface area (Å²) in [6.07, 6.45) is 0.960. The number of pyridine rings is 1. The molecule has 0 aliphatic carbocycles. The van der Waals surface area contributed by atoms with Gasteiger partial charge < -0.3 is 21.5 Å². The summed E-state index contributed by atoms with van der Waals surface area (Å²) < 4.78 is 15.4. The summed E-state index contributed by atoms with van der Waals surface area (Å²) in [7, 11) is 0. The van der Waals surface area contributed by atoms with Gasteiger partial charge in [-0.3, -0.25) is 9.59 Å². The lowest BCUT2D eigenvalue weighted by Gasteiger charge is -2.10. The van der Waals surface area contributed by atoms with Crippen molar-refractivity contribution in [1.29, 1.82) is 0 Å². The van der Waals surface area contributed by atoms with Crippen molar-refractivity contribution >= 4 is 58.1 Å². The molecular weight excluding hydrogens is 483 g/mol. The molecule has 0 aliphatic heterocycles. The molecule has 1 aromatic carbocycles. The maximum Gasteiger partial charge on any atom is 0.341 e. The van der Waals surface area contributed by atoms with E-state index in [0.717, 1.165) is 16.9 Å². The number of rotatable bonds is 7. The number of benzene rings is 1. The monoisotopic (exact) mass is 500 g/mol. The molecule has 0 bridgehead atoms. The number of halogens is 2. The van der Waals surface area contributed by atoms with Gasteiger partial charge in [-0.05, 0) is 37.6 Å². The molecule has 3 aromatic rings. The van der Waals surface area contributed by atoms with E-state index in [0.29, 0.717) is 5.02 Å². The zero-order chi connectivity index (χ0) is 25.9. The number of carboxylic acid groups (broad SMARTS) is 1. The number of nitrogen functional groups attached to an aromatic ring is 1. The Morgan fingerprint density at radius 1 is 1.20 bits per heavy atom. The average Bonchev–Trinajstić information content (AvgIpc) is 3.15. The van der Waals surface area contributed by atoms with Crippen molar-refractivity contribution in [2.75, 3.05) is 16.4 Å². The van der Waals surface area contributed by atoms with Crippen molar-refractivity contribution in [3.8, 4) is 0 Å². The van der Waals surface area contributed by atoms with Gasteiger partial charge in [0.2, 0.25) is 5.95 Å². The highest BCUT2D eigenvalue weighted by Gasteiger charge is 2.28. The Bertz CT molecular complexity index is 1380. The molecule has 2 amide bonds. The lowest BCUT2D eigenvalue weighted by molar-refractivity contribution is -0.111. The van der Waals surface area contributed by atoms with E-state index in [1.165, 1.54) is 24.3 Å². The Balaban J connectivity index is 1.86. The largest absolute Gasteiger partial charge is 0.477 e. The fraction of sp³-hybridized carbons (Fsp3) is 0.136. The van der Waals surface area contributed by atoms with E-state index in [1.54, 1.807) is 19.8 Å². The fourth-order valence-corrected chi connectivity index (χ4v) is 3.17. The van der Waals surface area contributed by atoms with E-state index < -0.39 is 40.7 Å². The van der Waals surface area contributed by atoms with Crippen LogP contribution in [-0.2, 0) is 9.59 Å². The molecule has 2 heterocycles. The second-order valence-corrected chi connectivity index (χ2v) is 7.84. The molecule has 0 saturated heterocycles. The molecule has 5 N–H and O–H groups in total. The van der Waals surface area contributed by atoms with Crippen LogP contribution in [0.4, 0.5) is 21.6 Å². The first kappa shape index (κ1) is 25.1. The number of carbonyl (C=O) groups excluding carboxylic acids is 3. The SMILES string of the molecule is CC(C)n1nc(C(=O)Nc2cc(NC(=O)C(=C=O)c3ccc(Cl)cc3)cnc2F)c(C(=O)O)c1N. The lowest BCUT2D eigenvalue weighted by Crippen LogP contribution is -2.19. The van der Waals surface area contributed by atoms with Gasteiger partial charge in [-0.15, -0.1) is 0 Å². The molecule has 3 rings (SSSR count). The molecule has 0 radical (unpaired) electrons. The molecule has 0 saturated carbocycles. The van der Waals surface area contributed by atoms with Crippen molar-refractivity contribution in [3.63, 3.8) is 0 Å². The van der Waals surface area contributed by atoms with Crippen molar-refractivity contribution < 1.29 is 28.7 Å². The van der Waals surface area contributed by atoms with Crippen LogP contribution in [0.5, 0.6) is 0 Å². The summed E-state index contributed by atoms with van der Waals surface area (Å²) in [5.74, 6) is -3.24. The molecule has 13 heteroatoms. The number of nitrogens with zero attached hydrogens (tertiary/aromatic N) is 3. The Labute approximate surface area is 202 Å². The van der Waals surface area contributed by atoms with Gasteiger partial charge in [0.15, 0.2) is 5.69 Å². The van der Waals surface area contributed by atoms with E-state index in [-0.39, 0.29) is 28.7 Å². The quantitative estimate of drug-likeness (QED) is 0.218. The number of aromatic nitrogens is 3. The van der Waals surface area contributed by atoms with Crippen LogP contribution < -0.4 is 16.4 Å². The number of amides is 2. The minimum atomic E-state index is -1.49. The van der Waals surface area contributed by atoms with Crippen LogP contribution in [0.25, 0.3) is 5.57 Å². The average molecular weight is 501 g/mol. The highest BCUT2D eigenvalue weighted by molar-refractivity contribution is 6.33. The number of nitrogens with one attached hydrogen (secondary N) is 2. The summed E-state index contributed by atoms with van der Waals surface area (Å²) in [6, 6.07) is 6.52. The fourth-order valence-electron chi connectivity index (χ4n) is 3.04. The third kappa shape index (κ3) is 5.35. The summed E-state index contributed by atoms with van der Waals surface area (Å²) in [4.78, 5) is 51.7. The predicted molar refractivity (Wildman–Crippen MR) is 125 cm³/mol. The highest BCUT2D eigenvalue weighted by atomic mass is 35.5. The van der Waals surface area contributed by atoms with Crippen LogP contribution in [0.2, 0.25) is 5.02 Å². The maximum atomic E-state index is 14.3. The van der Waals surface area contributed by atoms with Gasteiger partial charge in [-0.25, -0.2) is 19.3 Å². The maximum absolute atomic E-state index is 14.3. The zero-order valence-corrected chi connectivity index (χ0v) is 19.1. The van der Waals surface area contributed by atoms with Crippen molar-refractivity contribution in [2.24, 2.45) is 0 Å². The summed E-state index contributed by atoms with van der Waals surface area (Å²) in [5.41, 5.74) is 4.07. The van der Waals surface area contributed by atoms with E-state index in [9.17, 15) is 28.7 Å². The van der Waals surface area contributed by atoms with Crippen molar-refractivity contribution in [1.82, 2.24) is 14.8 Å². The van der Waals surface area contributed by atoms with Crippen LogP contribution in [0, 0.1) is 5.95 Å². The summed E-state index contributed by atoms with van der Waals surface area (Å²) >= 11 is 5.81. The van der Waals surface area contributed by atoms with Gasteiger partial charge in [0.25, 0.3) is 11.8 Å². The molecule has 0 unspecified atom stereocenters. The molecule has 35 heavy (non-hydrogen) atoms. The zero-order valence-electron chi connectivity index (χ0n) is 18.3. The van der Waals surface area contributed by atoms with Crippen molar-refractivity contribution in [2.45, 2.75) is 19.9 Å². The Morgan fingerprint density at radius 2 is 1.86 bits per heavy atom. The van der Waals surface area contributed by atoms with Crippen LogP contribution in [-0.4, -0.2) is 43.6 Å². The number of nitrogens with two attached hydrogens (primary N) is 1. The number of carbonyl (C=O) groups is 3. The third-order valence-electron chi connectivity index (χ3n) is 4.67. The topological polar surface area (TPSA) is 169 Å². The third-order valence-corrected chi connectivity index (χ3v) is 4.92. The molecule has 0 fully saturated rings. The molecule has 0 atom stereocenters. The van der Waals surface area contributed by atoms with Crippen LogP contribution in [0.3, 0.4) is 0 Å². The van der Waals surface area contributed by atoms with Gasteiger partial charge in [0.1, 0.15) is 22.9 Å². The number of aromatic carboxylic acids is 1. The van der Waals surface area contributed by atoms with Gasteiger partial charge in [-0.2, -0.15) is 9.49 Å². The first-order valence-corrected chi connectivity index (χ1v) is 10.3. The number of hydrogen-bond donors (Lipinski definition) is 4. The van der Waals surface area contributed by atoms with Crippen LogP contribution in [0.1, 0.15) is 46.3 Å². The van der Waals surface area contributed by atoms with Crippen LogP contribution >= 0.6 is 11.6 Å². The first-order chi connectivity index (χ1) is 16.5. The second-order valence-electron chi connectivity index (χ2n) is 7.41.